The van der Waals surface area contributed by atoms with Crippen LogP contribution >= 0.6 is 0 Å². The second-order valence-corrected chi connectivity index (χ2v) is 4.69. The van der Waals surface area contributed by atoms with Gasteiger partial charge in [-0.05, 0) is 32.9 Å². The Bertz CT molecular complexity index is 385. The van der Waals surface area contributed by atoms with Gasteiger partial charge in [0.25, 0.3) is 0 Å². The summed E-state index contributed by atoms with van der Waals surface area (Å²) in [4.78, 5) is 14.3. The van der Waals surface area contributed by atoms with E-state index in [2.05, 4.69) is 15.0 Å². The van der Waals surface area contributed by atoms with E-state index in [0.29, 0.717) is 18.8 Å². The van der Waals surface area contributed by atoms with Crippen molar-refractivity contribution in [1.82, 2.24) is 10.3 Å². The fourth-order valence-corrected chi connectivity index (χ4v) is 1.71. The summed E-state index contributed by atoms with van der Waals surface area (Å²) in [6, 6.07) is 3.59. The van der Waals surface area contributed by atoms with E-state index in [0.717, 1.165) is 12.2 Å². The van der Waals surface area contributed by atoms with Crippen LogP contribution in [0, 0.1) is 0 Å². The van der Waals surface area contributed by atoms with Crippen LogP contribution in [-0.4, -0.2) is 36.8 Å². The van der Waals surface area contributed by atoms with Gasteiger partial charge >= 0.3 is 5.97 Å². The van der Waals surface area contributed by atoms with Crippen molar-refractivity contribution in [2.45, 2.75) is 32.9 Å². The van der Waals surface area contributed by atoms with Gasteiger partial charge in [-0.3, -0.25) is 0 Å². The summed E-state index contributed by atoms with van der Waals surface area (Å²) in [5.74, 6) is -0.351. The van der Waals surface area contributed by atoms with E-state index in [1.807, 2.05) is 26.8 Å². The van der Waals surface area contributed by atoms with E-state index in [4.69, 9.17) is 4.74 Å². The zero-order valence-electron chi connectivity index (χ0n) is 11.5. The number of ether oxygens (including phenoxy) is 2. The maximum absolute atomic E-state index is 11.3. The molecule has 1 aromatic heterocycles. The summed E-state index contributed by atoms with van der Waals surface area (Å²) in [6.07, 6.45) is 0. The number of carbonyl (C=O) groups excluding carboxylic acids is 1. The minimum Gasteiger partial charge on any atom is -0.464 e. The van der Waals surface area contributed by atoms with Crippen molar-refractivity contribution in [3.05, 3.63) is 23.5 Å². The molecule has 0 radical (unpaired) electrons. The van der Waals surface area contributed by atoms with Gasteiger partial charge < -0.3 is 19.8 Å². The highest BCUT2D eigenvalue weighted by atomic mass is 16.5. The third kappa shape index (κ3) is 4.50. The van der Waals surface area contributed by atoms with Crippen LogP contribution in [0.2, 0.25) is 0 Å². The molecule has 0 saturated carbocycles. The van der Waals surface area contributed by atoms with E-state index in [1.54, 1.807) is 6.07 Å². The highest BCUT2D eigenvalue weighted by Crippen LogP contribution is 2.08. The predicted molar refractivity (Wildman–Crippen MR) is 69.5 cm³/mol. The molecule has 2 N–H and O–H groups in total. The summed E-state index contributed by atoms with van der Waals surface area (Å²) in [7, 11) is 1.37. The molecule has 5 nitrogen and oxygen atoms in total. The van der Waals surface area contributed by atoms with Gasteiger partial charge in [-0.2, -0.15) is 0 Å². The van der Waals surface area contributed by atoms with Gasteiger partial charge in [0, 0.05) is 25.4 Å². The number of aromatic nitrogens is 1. The highest BCUT2D eigenvalue weighted by molar-refractivity contribution is 5.87. The first-order valence-corrected chi connectivity index (χ1v) is 6.09. The molecular weight excluding hydrogens is 232 g/mol. The van der Waals surface area contributed by atoms with Crippen molar-refractivity contribution in [3.8, 4) is 0 Å². The van der Waals surface area contributed by atoms with Crippen LogP contribution in [0.3, 0.4) is 0 Å². The molecule has 0 atom stereocenters. The van der Waals surface area contributed by atoms with Crippen LogP contribution in [0.1, 0.15) is 37.0 Å². The summed E-state index contributed by atoms with van der Waals surface area (Å²) in [5, 5.41) is 3.29. The van der Waals surface area contributed by atoms with Crippen molar-refractivity contribution in [2.24, 2.45) is 0 Å². The van der Waals surface area contributed by atoms with Gasteiger partial charge in [0.05, 0.1) is 12.7 Å². The molecule has 5 heteroatoms. The number of rotatable bonds is 7. The molecule has 18 heavy (non-hydrogen) atoms. The Kier molecular flexibility index (Phi) is 5.37. The number of hydrogen-bond donors (Lipinski definition) is 2. The minimum absolute atomic E-state index is 0.188. The average molecular weight is 254 g/mol. The number of carbonyl (C=O) groups is 1. The summed E-state index contributed by atoms with van der Waals surface area (Å²) in [6.45, 7) is 8.16. The first-order valence-electron chi connectivity index (χ1n) is 6.09. The Morgan fingerprint density at radius 2 is 2.17 bits per heavy atom. The first kappa shape index (κ1) is 14.7. The van der Waals surface area contributed by atoms with Gasteiger partial charge in [0.1, 0.15) is 5.69 Å². The van der Waals surface area contributed by atoms with Crippen LogP contribution in [-0.2, 0) is 16.0 Å². The predicted octanol–water partition coefficient (Wildman–Crippen LogP) is 1.71. The lowest BCUT2D eigenvalue weighted by molar-refractivity contribution is -0.00902. The number of nitrogens with one attached hydrogen (secondary N) is 2. The smallest absolute Gasteiger partial charge is 0.354 e. The molecule has 1 heterocycles. The Labute approximate surface area is 108 Å². The van der Waals surface area contributed by atoms with Gasteiger partial charge in [0.2, 0.25) is 0 Å². The second kappa shape index (κ2) is 6.56. The maximum Gasteiger partial charge on any atom is 0.354 e. The average Bonchev–Trinajstić information content (AvgIpc) is 2.76. The first-order chi connectivity index (χ1) is 8.48. The lowest BCUT2D eigenvalue weighted by Gasteiger charge is -2.24. The number of methoxy groups -OCH3 is 1. The maximum atomic E-state index is 11.3. The van der Waals surface area contributed by atoms with Crippen LogP contribution in [0.4, 0.5) is 0 Å². The zero-order valence-corrected chi connectivity index (χ0v) is 11.5. The third-order valence-electron chi connectivity index (χ3n) is 2.55. The number of hydrogen-bond acceptors (Lipinski definition) is 4. The molecule has 0 aromatic carbocycles. The largest absolute Gasteiger partial charge is 0.464 e. The van der Waals surface area contributed by atoms with Crippen molar-refractivity contribution < 1.29 is 14.3 Å². The van der Waals surface area contributed by atoms with Gasteiger partial charge in [-0.15, -0.1) is 0 Å². The lowest BCUT2D eigenvalue weighted by atomic mass is 10.1. The van der Waals surface area contributed by atoms with Crippen LogP contribution in [0.25, 0.3) is 0 Å². The van der Waals surface area contributed by atoms with E-state index >= 15 is 0 Å². The summed E-state index contributed by atoms with van der Waals surface area (Å²) < 4.78 is 10.2. The van der Waals surface area contributed by atoms with E-state index in [-0.39, 0.29) is 11.6 Å². The zero-order chi connectivity index (χ0) is 13.6. The number of aromatic amines is 1. The second-order valence-electron chi connectivity index (χ2n) is 4.69. The van der Waals surface area contributed by atoms with Crippen LogP contribution in [0.15, 0.2) is 12.1 Å². The van der Waals surface area contributed by atoms with Crippen molar-refractivity contribution in [1.29, 1.82) is 0 Å². The van der Waals surface area contributed by atoms with E-state index in [1.165, 1.54) is 7.11 Å². The minimum atomic E-state index is -0.351. The number of esters is 1. The van der Waals surface area contributed by atoms with Crippen LogP contribution in [0.5, 0.6) is 0 Å². The number of H-pyrrole nitrogens is 1. The lowest BCUT2D eigenvalue weighted by Crippen LogP contribution is -2.37. The Hall–Kier alpha value is -1.33. The fraction of sp³-hybridized carbons (Fsp3) is 0.615. The molecular formula is C13H22N2O3. The van der Waals surface area contributed by atoms with Gasteiger partial charge in [0.15, 0.2) is 0 Å². The molecule has 0 saturated heterocycles. The standard InChI is InChI=1S/C13H22N2O3/c1-5-18-13(2,3)9-14-8-10-6-7-11(15-10)12(16)17-4/h6-7,14-15H,5,8-9H2,1-4H3. The SMILES string of the molecule is CCOC(C)(C)CNCc1ccc(C(=O)OC)[nH]1. The normalized spacial score (nSPS) is 11.6. The molecule has 0 aliphatic carbocycles. The van der Waals surface area contributed by atoms with Gasteiger partial charge in [-0.25, -0.2) is 4.79 Å². The fourth-order valence-electron chi connectivity index (χ4n) is 1.71. The molecule has 0 fully saturated rings. The molecule has 0 spiro atoms. The molecule has 0 aliphatic heterocycles. The quantitative estimate of drug-likeness (QED) is 0.727. The van der Waals surface area contributed by atoms with Crippen molar-refractivity contribution in [3.63, 3.8) is 0 Å². The summed E-state index contributed by atoms with van der Waals surface area (Å²) >= 11 is 0. The molecule has 0 amide bonds. The molecule has 1 rings (SSSR count). The molecule has 102 valence electrons. The van der Waals surface area contributed by atoms with Crippen molar-refractivity contribution >= 4 is 5.97 Å². The Morgan fingerprint density at radius 3 is 2.78 bits per heavy atom. The molecule has 0 unspecified atom stereocenters. The Balaban J connectivity index is 2.40. The monoisotopic (exact) mass is 254 g/mol. The van der Waals surface area contributed by atoms with E-state index in [9.17, 15) is 4.79 Å². The van der Waals surface area contributed by atoms with Gasteiger partial charge in [-0.1, -0.05) is 0 Å². The molecule has 0 bridgehead atoms. The molecule has 1 aromatic rings. The topological polar surface area (TPSA) is 63.4 Å². The Morgan fingerprint density at radius 1 is 1.44 bits per heavy atom. The van der Waals surface area contributed by atoms with E-state index < -0.39 is 0 Å². The third-order valence-corrected chi connectivity index (χ3v) is 2.55. The summed E-state index contributed by atoms with van der Waals surface area (Å²) in [5.41, 5.74) is 1.23. The van der Waals surface area contributed by atoms with Crippen LogP contribution < -0.4 is 5.32 Å². The molecule has 0 aliphatic rings. The highest BCUT2D eigenvalue weighted by Gasteiger charge is 2.16. The van der Waals surface area contributed by atoms with Crippen molar-refractivity contribution in [2.75, 3.05) is 20.3 Å².